The van der Waals surface area contributed by atoms with E-state index in [1.807, 2.05) is 13.8 Å². The smallest absolute Gasteiger partial charge is 0.240 e. The zero-order chi connectivity index (χ0) is 14.0. The first-order valence-electron chi connectivity index (χ1n) is 6.81. The van der Waals surface area contributed by atoms with Gasteiger partial charge in [-0.15, -0.1) is 0 Å². The Hall–Kier alpha value is -1.07. The van der Waals surface area contributed by atoms with Gasteiger partial charge in [-0.1, -0.05) is 19.8 Å². The predicted molar refractivity (Wildman–Crippen MR) is 77.3 cm³/mol. The van der Waals surface area contributed by atoms with Crippen molar-refractivity contribution >= 4 is 15.7 Å². The number of benzene rings is 1. The van der Waals surface area contributed by atoms with Gasteiger partial charge in [0.05, 0.1) is 4.90 Å². The Balaban J connectivity index is 2.13. The summed E-state index contributed by atoms with van der Waals surface area (Å²) in [7, 11) is -3.43. The molecule has 1 saturated carbocycles. The summed E-state index contributed by atoms with van der Waals surface area (Å²) in [6.07, 6.45) is 4.24. The third-order valence-corrected chi connectivity index (χ3v) is 5.20. The molecule has 0 bridgehead atoms. The van der Waals surface area contributed by atoms with Crippen LogP contribution in [0.5, 0.6) is 0 Å². The molecule has 0 heterocycles. The van der Waals surface area contributed by atoms with Crippen molar-refractivity contribution in [3.8, 4) is 0 Å². The van der Waals surface area contributed by atoms with E-state index in [1.54, 1.807) is 18.2 Å². The van der Waals surface area contributed by atoms with Crippen LogP contribution in [-0.2, 0) is 10.0 Å². The van der Waals surface area contributed by atoms with Crippen LogP contribution in [0.1, 0.15) is 38.2 Å². The summed E-state index contributed by atoms with van der Waals surface area (Å²) in [5.74, 6) is 0.709. The van der Waals surface area contributed by atoms with Crippen LogP contribution in [0, 0.1) is 12.8 Å². The molecule has 19 heavy (non-hydrogen) atoms. The van der Waals surface area contributed by atoms with Gasteiger partial charge in [-0.2, -0.15) is 0 Å². The number of nitrogens with two attached hydrogens (primary N) is 1. The lowest BCUT2D eigenvalue weighted by Crippen LogP contribution is -2.34. The lowest BCUT2D eigenvalue weighted by molar-refractivity contribution is 0.495. The molecule has 5 heteroatoms. The summed E-state index contributed by atoms with van der Waals surface area (Å²) in [6.45, 7) is 3.83. The van der Waals surface area contributed by atoms with Crippen LogP contribution < -0.4 is 10.5 Å². The van der Waals surface area contributed by atoms with Crippen molar-refractivity contribution in [2.45, 2.75) is 50.5 Å². The number of sulfonamides is 1. The zero-order valence-electron chi connectivity index (χ0n) is 11.5. The second-order valence-electron chi connectivity index (χ2n) is 5.42. The summed E-state index contributed by atoms with van der Waals surface area (Å²) < 4.78 is 27.4. The molecule has 106 valence electrons. The van der Waals surface area contributed by atoms with E-state index in [0.29, 0.717) is 16.5 Å². The van der Waals surface area contributed by atoms with Gasteiger partial charge in [0.25, 0.3) is 0 Å². The molecule has 0 aromatic heterocycles. The summed E-state index contributed by atoms with van der Waals surface area (Å²) in [4.78, 5) is 0.299. The number of nitrogens with one attached hydrogen (secondary N) is 1. The van der Waals surface area contributed by atoms with Gasteiger partial charge in [-0.3, -0.25) is 0 Å². The van der Waals surface area contributed by atoms with Crippen LogP contribution in [0.2, 0.25) is 0 Å². The Labute approximate surface area is 115 Å². The molecular formula is C14H22N2O2S. The summed E-state index contributed by atoms with van der Waals surface area (Å²) >= 11 is 0. The Bertz CT molecular complexity index is 551. The van der Waals surface area contributed by atoms with Crippen molar-refractivity contribution in [2.75, 3.05) is 5.73 Å². The van der Waals surface area contributed by atoms with Gasteiger partial charge in [0.15, 0.2) is 0 Å². The van der Waals surface area contributed by atoms with Gasteiger partial charge in [0.1, 0.15) is 0 Å². The maximum absolute atomic E-state index is 12.3. The van der Waals surface area contributed by atoms with Crippen molar-refractivity contribution in [2.24, 2.45) is 5.92 Å². The first-order chi connectivity index (χ1) is 8.92. The minimum atomic E-state index is -3.43. The molecule has 4 nitrogen and oxygen atoms in total. The predicted octanol–water partition coefficient (Wildman–Crippen LogP) is 2.43. The van der Waals surface area contributed by atoms with E-state index in [2.05, 4.69) is 4.72 Å². The molecule has 0 amide bonds. The fourth-order valence-corrected chi connectivity index (χ4v) is 3.57. The number of hydrogen-bond donors (Lipinski definition) is 2. The van der Waals surface area contributed by atoms with Crippen molar-refractivity contribution in [1.29, 1.82) is 0 Å². The number of anilines is 1. The maximum Gasteiger partial charge on any atom is 0.240 e. The third kappa shape index (κ3) is 3.70. The molecular weight excluding hydrogens is 260 g/mol. The molecule has 0 saturated heterocycles. The number of nitrogen functional groups attached to an aromatic ring is 1. The van der Waals surface area contributed by atoms with Crippen molar-refractivity contribution in [1.82, 2.24) is 4.72 Å². The van der Waals surface area contributed by atoms with Gasteiger partial charge in [0.2, 0.25) is 10.0 Å². The van der Waals surface area contributed by atoms with Crippen LogP contribution in [0.25, 0.3) is 0 Å². The van der Waals surface area contributed by atoms with Gasteiger partial charge in [0, 0.05) is 11.7 Å². The standard InChI is InChI=1S/C14H22N2O2S/c1-3-12(9-11-4-5-11)16-19(17,18)13-6-7-14(15)10(2)8-13/h6-8,11-12,16H,3-5,9,15H2,1-2H3. The highest BCUT2D eigenvalue weighted by Crippen LogP contribution is 2.34. The highest BCUT2D eigenvalue weighted by molar-refractivity contribution is 7.89. The average Bonchev–Trinajstić information content (AvgIpc) is 3.15. The molecule has 1 fully saturated rings. The van der Waals surface area contributed by atoms with Crippen LogP contribution >= 0.6 is 0 Å². The van der Waals surface area contributed by atoms with E-state index in [-0.39, 0.29) is 6.04 Å². The molecule has 0 radical (unpaired) electrons. The van der Waals surface area contributed by atoms with Crippen molar-refractivity contribution in [3.63, 3.8) is 0 Å². The summed E-state index contributed by atoms with van der Waals surface area (Å²) in [5.41, 5.74) is 7.12. The fraction of sp³-hybridized carbons (Fsp3) is 0.571. The number of hydrogen-bond acceptors (Lipinski definition) is 3. The molecule has 1 unspecified atom stereocenters. The number of rotatable bonds is 6. The van der Waals surface area contributed by atoms with Gasteiger partial charge < -0.3 is 5.73 Å². The fourth-order valence-electron chi connectivity index (χ4n) is 2.16. The lowest BCUT2D eigenvalue weighted by atomic mass is 10.1. The van der Waals surface area contributed by atoms with Crippen molar-refractivity contribution < 1.29 is 8.42 Å². The van der Waals surface area contributed by atoms with Crippen molar-refractivity contribution in [3.05, 3.63) is 23.8 Å². The molecule has 0 spiro atoms. The normalized spacial score (nSPS) is 17.4. The van der Waals surface area contributed by atoms with E-state index in [4.69, 9.17) is 5.73 Å². The molecule has 1 aromatic rings. The van der Waals surface area contributed by atoms with Gasteiger partial charge in [-0.05, 0) is 49.4 Å². The van der Waals surface area contributed by atoms with Gasteiger partial charge in [-0.25, -0.2) is 13.1 Å². The van der Waals surface area contributed by atoms with E-state index in [9.17, 15) is 8.42 Å². The van der Waals surface area contributed by atoms with E-state index in [0.717, 1.165) is 18.4 Å². The topological polar surface area (TPSA) is 72.2 Å². The highest BCUT2D eigenvalue weighted by Gasteiger charge is 2.27. The van der Waals surface area contributed by atoms with E-state index >= 15 is 0 Å². The van der Waals surface area contributed by atoms with Crippen LogP contribution in [0.15, 0.2) is 23.1 Å². The Morgan fingerprint density at radius 3 is 2.63 bits per heavy atom. The molecule has 1 aromatic carbocycles. The van der Waals surface area contributed by atoms with Crippen LogP contribution in [0.4, 0.5) is 5.69 Å². The molecule has 1 aliphatic rings. The molecule has 1 aliphatic carbocycles. The molecule has 0 aliphatic heterocycles. The molecule has 1 atom stereocenters. The Kier molecular flexibility index (Phi) is 4.16. The maximum atomic E-state index is 12.3. The minimum Gasteiger partial charge on any atom is -0.399 e. The first-order valence-corrected chi connectivity index (χ1v) is 8.29. The van der Waals surface area contributed by atoms with Crippen LogP contribution in [-0.4, -0.2) is 14.5 Å². The van der Waals surface area contributed by atoms with Gasteiger partial charge >= 0.3 is 0 Å². The SMILES string of the molecule is CCC(CC1CC1)NS(=O)(=O)c1ccc(N)c(C)c1. The highest BCUT2D eigenvalue weighted by atomic mass is 32.2. The molecule has 3 N–H and O–H groups in total. The zero-order valence-corrected chi connectivity index (χ0v) is 12.3. The minimum absolute atomic E-state index is 0.0374. The van der Waals surface area contributed by atoms with E-state index in [1.165, 1.54) is 12.8 Å². The Morgan fingerprint density at radius 1 is 1.42 bits per heavy atom. The third-order valence-electron chi connectivity index (χ3n) is 3.68. The van der Waals surface area contributed by atoms with Crippen LogP contribution in [0.3, 0.4) is 0 Å². The number of aryl methyl sites for hydroxylation is 1. The first kappa shape index (κ1) is 14.3. The average molecular weight is 282 g/mol. The molecule has 2 rings (SSSR count). The second-order valence-corrected chi connectivity index (χ2v) is 7.14. The Morgan fingerprint density at radius 2 is 2.11 bits per heavy atom. The summed E-state index contributed by atoms with van der Waals surface area (Å²) in [5, 5.41) is 0. The lowest BCUT2D eigenvalue weighted by Gasteiger charge is -2.17. The van der Waals surface area contributed by atoms with E-state index < -0.39 is 10.0 Å². The monoisotopic (exact) mass is 282 g/mol. The largest absolute Gasteiger partial charge is 0.399 e. The quantitative estimate of drug-likeness (QED) is 0.787. The second kappa shape index (κ2) is 5.51. The summed E-state index contributed by atoms with van der Waals surface area (Å²) in [6, 6.07) is 4.87.